The van der Waals surface area contributed by atoms with Gasteiger partial charge in [-0.1, -0.05) is 31.2 Å². The minimum Gasteiger partial charge on any atom is -0.481 e. The van der Waals surface area contributed by atoms with Crippen molar-refractivity contribution in [2.45, 2.75) is 83.5 Å². The number of allylic oxidation sites excluding steroid dienone is 2. The van der Waals surface area contributed by atoms with E-state index in [0.29, 0.717) is 44.9 Å². The molecule has 0 saturated heterocycles. The summed E-state index contributed by atoms with van der Waals surface area (Å²) >= 11 is 0. The molecule has 1 aliphatic rings. The molecule has 0 aromatic heterocycles. The van der Waals surface area contributed by atoms with Crippen molar-refractivity contribution < 1.29 is 34.4 Å². The topological polar surface area (TPSA) is 121 Å². The van der Waals surface area contributed by atoms with E-state index in [4.69, 9.17) is 9.84 Å². The molecule has 0 spiro atoms. The number of ketones is 1. The SMILES string of the molecule is CCC(=O)CC[C@H](O)/C=C/[C@@H]1[C@@H](C/C=C\CCCC(=O)O)[C@@H](O)C[C@H]1OC(C)=O. The fraction of sp³-hybridized carbons (Fsp3) is 0.682. The molecule has 164 valence electrons. The molecule has 0 aliphatic heterocycles. The number of ether oxygens (including phenoxy) is 1. The lowest BCUT2D eigenvalue weighted by atomic mass is 9.89. The summed E-state index contributed by atoms with van der Waals surface area (Å²) in [6.45, 7) is 3.11. The predicted molar refractivity (Wildman–Crippen MR) is 108 cm³/mol. The summed E-state index contributed by atoms with van der Waals surface area (Å²) in [4.78, 5) is 33.4. The first kappa shape index (κ1) is 25.0. The van der Waals surface area contributed by atoms with Gasteiger partial charge in [-0.25, -0.2) is 0 Å². The summed E-state index contributed by atoms with van der Waals surface area (Å²) in [5.74, 6) is -1.56. The molecule has 7 heteroatoms. The highest BCUT2D eigenvalue weighted by atomic mass is 16.5. The fourth-order valence-corrected chi connectivity index (χ4v) is 3.60. The number of carboxylic acid groups (broad SMARTS) is 1. The summed E-state index contributed by atoms with van der Waals surface area (Å²) in [5, 5.41) is 29.2. The highest BCUT2D eigenvalue weighted by Crippen LogP contribution is 2.38. The number of aliphatic hydroxyl groups is 2. The Kier molecular flexibility index (Phi) is 11.5. The third-order valence-corrected chi connectivity index (χ3v) is 5.21. The van der Waals surface area contributed by atoms with Crippen molar-refractivity contribution in [1.29, 1.82) is 0 Å². The fourth-order valence-electron chi connectivity index (χ4n) is 3.60. The standard InChI is InChI=1S/C22H34O7/c1-3-16(24)10-11-17(25)12-13-19-18(8-6-4-5-7-9-22(27)28)20(26)14-21(19)29-15(2)23/h4,6,12-13,17-21,25-26H,3,5,7-11,14H2,1-2H3,(H,27,28)/b6-4-,13-12+/t17-,18+,19+,20-,21+/m0/s1. The van der Waals surface area contributed by atoms with E-state index in [1.807, 2.05) is 12.2 Å². The van der Waals surface area contributed by atoms with Crippen LogP contribution in [0.25, 0.3) is 0 Å². The minimum absolute atomic E-state index is 0.0949. The maximum Gasteiger partial charge on any atom is 0.303 e. The van der Waals surface area contributed by atoms with E-state index < -0.39 is 30.3 Å². The zero-order valence-electron chi connectivity index (χ0n) is 17.3. The van der Waals surface area contributed by atoms with Crippen molar-refractivity contribution in [2.24, 2.45) is 11.8 Å². The number of esters is 1. The van der Waals surface area contributed by atoms with E-state index in [1.54, 1.807) is 19.1 Å². The smallest absolute Gasteiger partial charge is 0.303 e. The lowest BCUT2D eigenvalue weighted by Crippen LogP contribution is -2.24. The van der Waals surface area contributed by atoms with Crippen LogP contribution < -0.4 is 0 Å². The zero-order valence-corrected chi connectivity index (χ0v) is 17.3. The lowest BCUT2D eigenvalue weighted by molar-refractivity contribution is -0.147. The average molecular weight is 411 g/mol. The van der Waals surface area contributed by atoms with Crippen LogP contribution in [0.5, 0.6) is 0 Å². The van der Waals surface area contributed by atoms with Crippen LogP contribution in [-0.2, 0) is 19.1 Å². The van der Waals surface area contributed by atoms with Crippen LogP contribution in [-0.4, -0.2) is 51.4 Å². The van der Waals surface area contributed by atoms with Gasteiger partial charge in [-0.15, -0.1) is 0 Å². The average Bonchev–Trinajstić information content (AvgIpc) is 2.94. The number of unbranched alkanes of at least 4 members (excludes halogenated alkanes) is 1. The van der Waals surface area contributed by atoms with Crippen LogP contribution in [0.15, 0.2) is 24.3 Å². The second-order valence-electron chi connectivity index (χ2n) is 7.57. The van der Waals surface area contributed by atoms with Gasteiger partial charge >= 0.3 is 11.9 Å². The van der Waals surface area contributed by atoms with Crippen molar-refractivity contribution in [3.05, 3.63) is 24.3 Å². The van der Waals surface area contributed by atoms with Gasteiger partial charge in [-0.2, -0.15) is 0 Å². The Morgan fingerprint density at radius 1 is 1.21 bits per heavy atom. The Balaban J connectivity index is 2.71. The Labute approximate surface area is 172 Å². The molecule has 0 radical (unpaired) electrons. The maximum absolute atomic E-state index is 11.4. The number of rotatable bonds is 13. The van der Waals surface area contributed by atoms with Crippen LogP contribution in [0.2, 0.25) is 0 Å². The van der Waals surface area contributed by atoms with Gasteiger partial charge in [0.2, 0.25) is 0 Å². The first-order valence-corrected chi connectivity index (χ1v) is 10.3. The molecule has 1 saturated carbocycles. The van der Waals surface area contributed by atoms with Gasteiger partial charge < -0.3 is 20.1 Å². The summed E-state index contributed by atoms with van der Waals surface area (Å²) in [7, 11) is 0. The van der Waals surface area contributed by atoms with Gasteiger partial charge in [-0.3, -0.25) is 14.4 Å². The van der Waals surface area contributed by atoms with Gasteiger partial charge in [0, 0.05) is 38.5 Å². The number of aliphatic carboxylic acids is 1. The molecule has 29 heavy (non-hydrogen) atoms. The van der Waals surface area contributed by atoms with E-state index >= 15 is 0 Å². The van der Waals surface area contributed by atoms with Gasteiger partial charge in [-0.05, 0) is 31.6 Å². The maximum atomic E-state index is 11.4. The molecule has 0 unspecified atom stereocenters. The number of carbonyl (C=O) groups excluding carboxylic acids is 2. The predicted octanol–water partition coefficient (Wildman–Crippen LogP) is 2.79. The highest BCUT2D eigenvalue weighted by molar-refractivity contribution is 5.77. The van der Waals surface area contributed by atoms with Gasteiger partial charge in [0.05, 0.1) is 12.2 Å². The van der Waals surface area contributed by atoms with Crippen LogP contribution in [0.3, 0.4) is 0 Å². The number of carbonyl (C=O) groups is 3. The number of carboxylic acids is 1. The first-order chi connectivity index (χ1) is 13.7. The summed E-state index contributed by atoms with van der Waals surface area (Å²) in [5.41, 5.74) is 0. The molecule has 1 rings (SSSR count). The second kappa shape index (κ2) is 13.3. The molecule has 0 heterocycles. The highest BCUT2D eigenvalue weighted by Gasteiger charge is 2.42. The van der Waals surface area contributed by atoms with E-state index in [0.717, 1.165) is 0 Å². The molecule has 1 aliphatic carbocycles. The lowest BCUT2D eigenvalue weighted by Gasteiger charge is -2.22. The largest absolute Gasteiger partial charge is 0.481 e. The second-order valence-corrected chi connectivity index (χ2v) is 7.57. The van der Waals surface area contributed by atoms with E-state index in [9.17, 15) is 24.6 Å². The van der Waals surface area contributed by atoms with Crippen LogP contribution in [0, 0.1) is 11.8 Å². The van der Waals surface area contributed by atoms with Crippen molar-refractivity contribution in [2.75, 3.05) is 0 Å². The Morgan fingerprint density at radius 3 is 2.55 bits per heavy atom. The van der Waals surface area contributed by atoms with E-state index in [2.05, 4.69) is 0 Å². The van der Waals surface area contributed by atoms with E-state index in [-0.39, 0.29) is 24.0 Å². The van der Waals surface area contributed by atoms with Crippen LogP contribution >= 0.6 is 0 Å². The minimum atomic E-state index is -0.821. The molecular formula is C22H34O7. The summed E-state index contributed by atoms with van der Waals surface area (Å²) < 4.78 is 5.37. The van der Waals surface area contributed by atoms with Gasteiger partial charge in [0.15, 0.2) is 0 Å². The Morgan fingerprint density at radius 2 is 1.93 bits per heavy atom. The van der Waals surface area contributed by atoms with Gasteiger partial charge in [0.1, 0.15) is 11.9 Å². The zero-order chi connectivity index (χ0) is 21.8. The molecule has 0 aromatic carbocycles. The van der Waals surface area contributed by atoms with Crippen LogP contribution in [0.4, 0.5) is 0 Å². The molecule has 3 N–H and O–H groups in total. The Hall–Kier alpha value is -1.99. The third-order valence-electron chi connectivity index (χ3n) is 5.21. The molecule has 0 bridgehead atoms. The number of hydrogen-bond acceptors (Lipinski definition) is 6. The Bertz CT molecular complexity index is 596. The molecule has 0 amide bonds. The molecule has 0 aromatic rings. The molecule has 1 fully saturated rings. The molecule has 5 atom stereocenters. The quantitative estimate of drug-likeness (QED) is 0.242. The normalized spacial score (nSPS) is 25.5. The van der Waals surface area contributed by atoms with E-state index in [1.165, 1.54) is 6.92 Å². The van der Waals surface area contributed by atoms with Crippen molar-refractivity contribution in [1.82, 2.24) is 0 Å². The first-order valence-electron chi connectivity index (χ1n) is 10.3. The van der Waals surface area contributed by atoms with Crippen molar-refractivity contribution in [3.8, 4) is 0 Å². The van der Waals surface area contributed by atoms with Crippen LogP contribution in [0.1, 0.15) is 65.2 Å². The third kappa shape index (κ3) is 9.85. The number of Topliss-reactive ketones (excluding diaryl/α,β-unsaturated/α-hetero) is 1. The van der Waals surface area contributed by atoms with Crippen molar-refractivity contribution in [3.63, 3.8) is 0 Å². The number of aliphatic hydroxyl groups excluding tert-OH is 2. The monoisotopic (exact) mass is 410 g/mol. The summed E-state index contributed by atoms with van der Waals surface area (Å²) in [6, 6.07) is 0. The molecular weight excluding hydrogens is 376 g/mol. The van der Waals surface area contributed by atoms with Gasteiger partial charge in [0.25, 0.3) is 0 Å². The molecule has 7 nitrogen and oxygen atoms in total. The van der Waals surface area contributed by atoms with Crippen molar-refractivity contribution >= 4 is 17.7 Å². The number of hydrogen-bond donors (Lipinski definition) is 3. The summed E-state index contributed by atoms with van der Waals surface area (Å²) in [6.07, 6.45) is 8.66.